The Bertz CT molecular complexity index is 641. The molecule has 0 radical (unpaired) electrons. The van der Waals surface area contributed by atoms with E-state index in [2.05, 4.69) is 5.32 Å². The molecular weight excluding hydrogens is 266 g/mol. The van der Waals surface area contributed by atoms with E-state index in [1.54, 1.807) is 25.3 Å². The number of amides is 1. The minimum absolute atomic E-state index is 0.403. The highest BCUT2D eigenvalue weighted by atomic mass is 16.5. The average molecular weight is 285 g/mol. The van der Waals surface area contributed by atoms with E-state index in [9.17, 15) is 4.79 Å². The van der Waals surface area contributed by atoms with Crippen LogP contribution in [0.15, 0.2) is 42.5 Å². The highest BCUT2D eigenvalue weighted by Crippen LogP contribution is 2.23. The molecule has 21 heavy (non-hydrogen) atoms. The third kappa shape index (κ3) is 3.66. The summed E-state index contributed by atoms with van der Waals surface area (Å²) in [6, 6.07) is 12.9. The first kappa shape index (κ1) is 14.7. The average Bonchev–Trinajstić information content (AvgIpc) is 2.49. The minimum Gasteiger partial charge on any atom is -0.497 e. The molecular formula is C16H19N3O2. The Balaban J connectivity index is 2.05. The molecule has 0 aliphatic carbocycles. The van der Waals surface area contributed by atoms with Crippen LogP contribution in [0.25, 0.3) is 0 Å². The number of carbonyl (C=O) groups excluding carboxylic acids is 1. The fraction of sp³-hybridized carbons (Fsp3) is 0.188. The fourth-order valence-electron chi connectivity index (χ4n) is 2.13. The summed E-state index contributed by atoms with van der Waals surface area (Å²) in [6.45, 7) is 0.641. The van der Waals surface area contributed by atoms with Gasteiger partial charge in [-0.2, -0.15) is 0 Å². The lowest BCUT2D eigenvalue weighted by atomic mass is 10.1. The summed E-state index contributed by atoms with van der Waals surface area (Å²) >= 11 is 0. The molecule has 5 N–H and O–H groups in total. The molecule has 110 valence electrons. The topological polar surface area (TPSA) is 90.4 Å². The van der Waals surface area contributed by atoms with Gasteiger partial charge in [-0.05, 0) is 36.2 Å². The first-order chi connectivity index (χ1) is 10.1. The van der Waals surface area contributed by atoms with Crippen LogP contribution in [0.4, 0.5) is 11.4 Å². The Hall–Kier alpha value is -2.69. The van der Waals surface area contributed by atoms with E-state index in [1.807, 2.05) is 24.3 Å². The van der Waals surface area contributed by atoms with Gasteiger partial charge in [0, 0.05) is 6.54 Å². The lowest BCUT2D eigenvalue weighted by Crippen LogP contribution is -2.16. The second kappa shape index (κ2) is 6.65. The quantitative estimate of drug-likeness (QED) is 0.708. The van der Waals surface area contributed by atoms with Crippen molar-refractivity contribution in [3.05, 3.63) is 53.6 Å². The van der Waals surface area contributed by atoms with Crippen LogP contribution < -0.4 is 21.5 Å². The number of rotatable bonds is 6. The molecule has 5 heteroatoms. The van der Waals surface area contributed by atoms with Crippen LogP contribution in [0.5, 0.6) is 5.75 Å². The Morgan fingerprint density at radius 1 is 1.24 bits per heavy atom. The van der Waals surface area contributed by atoms with Gasteiger partial charge in [-0.3, -0.25) is 4.79 Å². The lowest BCUT2D eigenvalue weighted by Gasteiger charge is -2.13. The Kier molecular flexibility index (Phi) is 4.66. The zero-order valence-corrected chi connectivity index (χ0v) is 11.9. The zero-order valence-electron chi connectivity index (χ0n) is 11.9. The molecule has 2 rings (SSSR count). The molecule has 0 unspecified atom stereocenters. The standard InChI is InChI=1S/C16H19N3O2/c1-21-12-5-2-4-11(10-12)8-9-19-15-13(16(18)20)6-3-7-14(15)17/h2-7,10,19H,8-9,17H2,1H3,(H2,18,20). The molecule has 2 aromatic carbocycles. The summed E-state index contributed by atoms with van der Waals surface area (Å²) in [5.74, 6) is 0.329. The maximum atomic E-state index is 11.4. The van der Waals surface area contributed by atoms with Crippen molar-refractivity contribution in [3.8, 4) is 5.75 Å². The number of nitrogens with two attached hydrogens (primary N) is 2. The van der Waals surface area contributed by atoms with Gasteiger partial charge >= 0.3 is 0 Å². The predicted octanol–water partition coefficient (Wildman–Crippen LogP) is 2.03. The van der Waals surface area contributed by atoms with E-state index in [4.69, 9.17) is 16.2 Å². The van der Waals surface area contributed by atoms with Crippen molar-refractivity contribution in [2.24, 2.45) is 5.73 Å². The number of primary amides is 1. The molecule has 5 nitrogen and oxygen atoms in total. The maximum Gasteiger partial charge on any atom is 0.250 e. The van der Waals surface area contributed by atoms with Gasteiger partial charge in [-0.15, -0.1) is 0 Å². The number of methoxy groups -OCH3 is 1. The van der Waals surface area contributed by atoms with Gasteiger partial charge in [-0.25, -0.2) is 0 Å². The first-order valence-electron chi connectivity index (χ1n) is 6.67. The van der Waals surface area contributed by atoms with Crippen molar-refractivity contribution in [2.75, 3.05) is 24.7 Å². The summed E-state index contributed by atoms with van der Waals surface area (Å²) in [6.07, 6.45) is 0.781. The van der Waals surface area contributed by atoms with E-state index in [-0.39, 0.29) is 0 Å². The zero-order chi connectivity index (χ0) is 15.2. The van der Waals surface area contributed by atoms with Crippen LogP contribution in [-0.4, -0.2) is 19.6 Å². The van der Waals surface area contributed by atoms with Crippen molar-refractivity contribution >= 4 is 17.3 Å². The largest absolute Gasteiger partial charge is 0.497 e. The molecule has 0 saturated heterocycles. The molecule has 0 saturated carbocycles. The van der Waals surface area contributed by atoms with Gasteiger partial charge in [0.1, 0.15) is 5.75 Å². The summed E-state index contributed by atoms with van der Waals surface area (Å²) in [5, 5.41) is 3.18. The number of anilines is 2. The highest BCUT2D eigenvalue weighted by Gasteiger charge is 2.10. The lowest BCUT2D eigenvalue weighted by molar-refractivity contribution is 0.100. The molecule has 0 aliphatic rings. The molecule has 0 bridgehead atoms. The number of para-hydroxylation sites is 1. The monoisotopic (exact) mass is 285 g/mol. The Labute approximate surface area is 123 Å². The SMILES string of the molecule is COc1cccc(CCNc2c(N)cccc2C(N)=O)c1. The number of ether oxygens (including phenoxy) is 1. The second-order valence-electron chi connectivity index (χ2n) is 4.66. The molecule has 0 aromatic heterocycles. The van der Waals surface area contributed by atoms with Crippen LogP contribution in [0.2, 0.25) is 0 Å². The van der Waals surface area contributed by atoms with E-state index >= 15 is 0 Å². The number of nitrogen functional groups attached to an aromatic ring is 1. The number of hydrogen-bond acceptors (Lipinski definition) is 4. The van der Waals surface area contributed by atoms with E-state index in [0.717, 1.165) is 17.7 Å². The van der Waals surface area contributed by atoms with Gasteiger partial charge in [-0.1, -0.05) is 18.2 Å². The second-order valence-corrected chi connectivity index (χ2v) is 4.66. The molecule has 0 fully saturated rings. The van der Waals surface area contributed by atoms with Gasteiger partial charge in [0.05, 0.1) is 24.0 Å². The normalized spacial score (nSPS) is 10.1. The van der Waals surface area contributed by atoms with Gasteiger partial charge in [0.15, 0.2) is 0 Å². The summed E-state index contributed by atoms with van der Waals surface area (Å²) in [5.41, 5.74) is 13.9. The third-order valence-electron chi connectivity index (χ3n) is 3.21. The van der Waals surface area contributed by atoms with Gasteiger partial charge in [0.2, 0.25) is 0 Å². The Morgan fingerprint density at radius 2 is 2.00 bits per heavy atom. The molecule has 0 aliphatic heterocycles. The van der Waals surface area contributed by atoms with Crippen molar-refractivity contribution in [3.63, 3.8) is 0 Å². The van der Waals surface area contributed by atoms with Crippen LogP contribution in [-0.2, 0) is 6.42 Å². The summed E-state index contributed by atoms with van der Waals surface area (Å²) in [7, 11) is 1.64. The van der Waals surface area contributed by atoms with Crippen LogP contribution in [0.1, 0.15) is 15.9 Å². The number of benzene rings is 2. The summed E-state index contributed by atoms with van der Waals surface area (Å²) < 4.78 is 5.19. The smallest absolute Gasteiger partial charge is 0.250 e. The summed E-state index contributed by atoms with van der Waals surface area (Å²) in [4.78, 5) is 11.4. The van der Waals surface area contributed by atoms with Crippen LogP contribution >= 0.6 is 0 Å². The molecule has 1 amide bonds. The highest BCUT2D eigenvalue weighted by molar-refractivity contribution is 6.01. The first-order valence-corrected chi connectivity index (χ1v) is 6.67. The predicted molar refractivity (Wildman–Crippen MR) is 84.6 cm³/mol. The number of nitrogens with one attached hydrogen (secondary N) is 1. The maximum absolute atomic E-state index is 11.4. The van der Waals surface area contributed by atoms with Crippen molar-refractivity contribution < 1.29 is 9.53 Å². The van der Waals surface area contributed by atoms with E-state index in [1.165, 1.54) is 0 Å². The van der Waals surface area contributed by atoms with Crippen LogP contribution in [0.3, 0.4) is 0 Å². The van der Waals surface area contributed by atoms with Gasteiger partial charge < -0.3 is 21.5 Å². The molecule has 0 atom stereocenters. The molecule has 0 heterocycles. The Morgan fingerprint density at radius 3 is 2.71 bits per heavy atom. The van der Waals surface area contributed by atoms with E-state index in [0.29, 0.717) is 23.5 Å². The minimum atomic E-state index is -0.494. The van der Waals surface area contributed by atoms with E-state index < -0.39 is 5.91 Å². The van der Waals surface area contributed by atoms with Crippen molar-refractivity contribution in [1.82, 2.24) is 0 Å². The van der Waals surface area contributed by atoms with Gasteiger partial charge in [0.25, 0.3) is 5.91 Å². The molecule has 0 spiro atoms. The third-order valence-corrected chi connectivity index (χ3v) is 3.21. The number of carbonyl (C=O) groups is 1. The molecule has 2 aromatic rings. The fourth-order valence-corrected chi connectivity index (χ4v) is 2.13. The van der Waals surface area contributed by atoms with Crippen LogP contribution in [0, 0.1) is 0 Å². The van der Waals surface area contributed by atoms with Crippen molar-refractivity contribution in [2.45, 2.75) is 6.42 Å². The van der Waals surface area contributed by atoms with Crippen molar-refractivity contribution in [1.29, 1.82) is 0 Å². The number of hydrogen-bond donors (Lipinski definition) is 3.